The van der Waals surface area contributed by atoms with E-state index in [0.717, 1.165) is 6.42 Å². The number of ether oxygens (including phenoxy) is 1. The first kappa shape index (κ1) is 21.3. The predicted octanol–water partition coefficient (Wildman–Crippen LogP) is 3.55. The number of rotatable bonds is 7. The molecule has 0 aliphatic carbocycles. The second kappa shape index (κ2) is 9.87. The molecule has 1 fully saturated rings. The summed E-state index contributed by atoms with van der Waals surface area (Å²) >= 11 is 0. The number of aryl methyl sites for hydroxylation is 1. The molecule has 2 aromatic rings. The van der Waals surface area contributed by atoms with Gasteiger partial charge in [-0.05, 0) is 38.0 Å². The summed E-state index contributed by atoms with van der Waals surface area (Å²) in [5.41, 5.74) is 0.883. The van der Waals surface area contributed by atoms with Crippen molar-refractivity contribution in [2.45, 2.75) is 26.2 Å². The number of nitrogens with zero attached hydrogens (tertiary/aromatic N) is 2. The van der Waals surface area contributed by atoms with Crippen LogP contribution in [0.25, 0.3) is 0 Å². The molecule has 158 valence electrons. The van der Waals surface area contributed by atoms with Crippen LogP contribution in [0.1, 0.15) is 24.8 Å². The van der Waals surface area contributed by atoms with E-state index in [-0.39, 0.29) is 36.4 Å². The van der Waals surface area contributed by atoms with E-state index < -0.39 is 4.92 Å². The fourth-order valence-corrected chi connectivity index (χ4v) is 3.48. The van der Waals surface area contributed by atoms with Crippen LogP contribution in [-0.2, 0) is 9.59 Å². The summed E-state index contributed by atoms with van der Waals surface area (Å²) in [7, 11) is 0. The van der Waals surface area contributed by atoms with Crippen molar-refractivity contribution < 1.29 is 19.2 Å². The summed E-state index contributed by atoms with van der Waals surface area (Å²) in [4.78, 5) is 37.5. The minimum atomic E-state index is -0.469. The number of hydrogen-bond donors (Lipinski definition) is 1. The summed E-state index contributed by atoms with van der Waals surface area (Å²) in [5.74, 6) is 0.0899. The molecule has 0 bridgehead atoms. The van der Waals surface area contributed by atoms with Crippen molar-refractivity contribution in [1.29, 1.82) is 0 Å². The first-order valence-electron chi connectivity index (χ1n) is 9.95. The molecular weight excluding hydrogens is 386 g/mol. The van der Waals surface area contributed by atoms with Crippen molar-refractivity contribution in [3.8, 4) is 5.75 Å². The third-order valence-electron chi connectivity index (χ3n) is 5.15. The summed E-state index contributed by atoms with van der Waals surface area (Å²) in [6.07, 6.45) is 1.65. The lowest BCUT2D eigenvalue weighted by atomic mass is 9.96. The molecule has 1 aliphatic rings. The second-order valence-electron chi connectivity index (χ2n) is 7.34. The highest BCUT2D eigenvalue weighted by Crippen LogP contribution is 2.24. The highest BCUT2D eigenvalue weighted by Gasteiger charge is 2.28. The maximum Gasteiger partial charge on any atom is 0.274 e. The standard InChI is InChI=1S/C22H25N3O5/c1-16-9-10-18(14-20(16)25(28)29)23-22(27)17-6-5-12-24(15-17)21(26)11-13-30-19-7-3-2-4-8-19/h2-4,7-10,14,17H,5-6,11-13,15H2,1H3,(H,23,27). The molecule has 1 unspecified atom stereocenters. The van der Waals surface area contributed by atoms with Crippen LogP contribution in [0, 0.1) is 23.0 Å². The number of amides is 2. The fraction of sp³-hybridized carbons (Fsp3) is 0.364. The number of benzene rings is 2. The monoisotopic (exact) mass is 411 g/mol. The molecule has 8 heteroatoms. The van der Waals surface area contributed by atoms with Gasteiger partial charge in [0.15, 0.2) is 0 Å². The summed E-state index contributed by atoms with van der Waals surface area (Å²) < 4.78 is 5.58. The van der Waals surface area contributed by atoms with Gasteiger partial charge in [-0.2, -0.15) is 0 Å². The molecule has 8 nitrogen and oxygen atoms in total. The Bertz CT molecular complexity index is 916. The molecule has 1 N–H and O–H groups in total. The van der Waals surface area contributed by atoms with Crippen LogP contribution in [0.2, 0.25) is 0 Å². The van der Waals surface area contributed by atoms with Crippen LogP contribution in [0.15, 0.2) is 48.5 Å². The lowest BCUT2D eigenvalue weighted by molar-refractivity contribution is -0.385. The van der Waals surface area contributed by atoms with Crippen molar-refractivity contribution in [2.75, 3.05) is 25.0 Å². The Labute approximate surface area is 175 Å². The van der Waals surface area contributed by atoms with E-state index in [9.17, 15) is 19.7 Å². The lowest BCUT2D eigenvalue weighted by Crippen LogP contribution is -2.44. The number of carbonyl (C=O) groups excluding carboxylic acids is 2. The molecule has 0 spiro atoms. The molecule has 30 heavy (non-hydrogen) atoms. The van der Waals surface area contributed by atoms with E-state index in [0.29, 0.717) is 36.5 Å². The van der Waals surface area contributed by atoms with E-state index in [4.69, 9.17) is 4.74 Å². The largest absolute Gasteiger partial charge is 0.493 e. The third kappa shape index (κ3) is 5.56. The van der Waals surface area contributed by atoms with Gasteiger partial charge in [-0.1, -0.05) is 24.3 Å². The number of carbonyl (C=O) groups is 2. The average Bonchev–Trinajstić information content (AvgIpc) is 2.75. The van der Waals surface area contributed by atoms with E-state index in [1.807, 2.05) is 30.3 Å². The lowest BCUT2D eigenvalue weighted by Gasteiger charge is -2.32. The van der Waals surface area contributed by atoms with Crippen molar-refractivity contribution in [3.05, 3.63) is 64.2 Å². The van der Waals surface area contributed by atoms with Crippen molar-refractivity contribution in [3.63, 3.8) is 0 Å². The van der Waals surface area contributed by atoms with E-state index in [2.05, 4.69) is 5.32 Å². The minimum absolute atomic E-state index is 0.0355. The normalized spacial score (nSPS) is 16.0. The molecule has 2 amide bonds. The van der Waals surface area contributed by atoms with Crippen molar-refractivity contribution >= 4 is 23.2 Å². The van der Waals surface area contributed by atoms with Crippen LogP contribution in [0.3, 0.4) is 0 Å². The first-order chi connectivity index (χ1) is 14.4. The Balaban J connectivity index is 1.52. The Hall–Kier alpha value is -3.42. The quantitative estimate of drug-likeness (QED) is 0.555. The summed E-state index contributed by atoms with van der Waals surface area (Å²) in [6.45, 7) is 2.88. The van der Waals surface area contributed by atoms with E-state index >= 15 is 0 Å². The number of nitro groups is 1. The van der Waals surface area contributed by atoms with Gasteiger partial charge in [0.25, 0.3) is 5.69 Å². The van der Waals surface area contributed by atoms with Gasteiger partial charge < -0.3 is 15.0 Å². The summed E-state index contributed by atoms with van der Waals surface area (Å²) in [5, 5.41) is 13.8. The van der Waals surface area contributed by atoms with E-state index in [1.54, 1.807) is 24.0 Å². The van der Waals surface area contributed by atoms with Gasteiger partial charge in [0.1, 0.15) is 5.75 Å². The Morgan fingerprint density at radius 1 is 1.23 bits per heavy atom. The number of piperidine rings is 1. The SMILES string of the molecule is Cc1ccc(NC(=O)C2CCCN(C(=O)CCOc3ccccc3)C2)cc1[N+](=O)[O-]. The highest BCUT2D eigenvalue weighted by atomic mass is 16.6. The molecule has 1 heterocycles. The Morgan fingerprint density at radius 2 is 2.00 bits per heavy atom. The predicted molar refractivity (Wildman–Crippen MR) is 112 cm³/mol. The smallest absolute Gasteiger partial charge is 0.274 e. The number of nitrogens with one attached hydrogen (secondary N) is 1. The topological polar surface area (TPSA) is 102 Å². The maximum atomic E-state index is 12.7. The van der Waals surface area contributed by atoms with Gasteiger partial charge in [0.2, 0.25) is 11.8 Å². The van der Waals surface area contributed by atoms with Gasteiger partial charge in [-0.25, -0.2) is 0 Å². The molecule has 1 saturated heterocycles. The molecule has 1 aliphatic heterocycles. The summed E-state index contributed by atoms with van der Waals surface area (Å²) in [6, 6.07) is 13.9. The zero-order valence-electron chi connectivity index (χ0n) is 16.9. The van der Waals surface area contributed by atoms with Gasteiger partial charge in [0.05, 0.1) is 23.9 Å². The van der Waals surface area contributed by atoms with E-state index in [1.165, 1.54) is 6.07 Å². The Morgan fingerprint density at radius 3 is 2.73 bits per heavy atom. The highest BCUT2D eigenvalue weighted by molar-refractivity contribution is 5.93. The number of nitro benzene ring substituents is 1. The average molecular weight is 411 g/mol. The number of hydrogen-bond acceptors (Lipinski definition) is 5. The van der Waals surface area contributed by atoms with Crippen LogP contribution in [-0.4, -0.2) is 41.3 Å². The van der Waals surface area contributed by atoms with Crippen LogP contribution >= 0.6 is 0 Å². The first-order valence-corrected chi connectivity index (χ1v) is 9.95. The van der Waals surface area contributed by atoms with Gasteiger partial charge in [0, 0.05) is 30.4 Å². The molecular formula is C22H25N3O5. The number of para-hydroxylation sites is 1. The van der Waals surface area contributed by atoms with Gasteiger partial charge >= 0.3 is 0 Å². The second-order valence-corrected chi connectivity index (χ2v) is 7.34. The number of anilines is 1. The molecule has 0 saturated carbocycles. The van der Waals surface area contributed by atoms with Gasteiger partial charge in [-0.3, -0.25) is 19.7 Å². The van der Waals surface area contributed by atoms with Crippen LogP contribution in [0.4, 0.5) is 11.4 Å². The molecule has 1 atom stereocenters. The maximum absolute atomic E-state index is 12.7. The number of likely N-dealkylation sites (tertiary alicyclic amines) is 1. The zero-order chi connectivity index (χ0) is 21.5. The molecule has 0 radical (unpaired) electrons. The third-order valence-corrected chi connectivity index (χ3v) is 5.15. The van der Waals surface area contributed by atoms with Gasteiger partial charge in [-0.15, -0.1) is 0 Å². The molecule has 3 rings (SSSR count). The molecule has 2 aromatic carbocycles. The van der Waals surface area contributed by atoms with Crippen LogP contribution < -0.4 is 10.1 Å². The van der Waals surface area contributed by atoms with Crippen molar-refractivity contribution in [2.24, 2.45) is 5.92 Å². The van der Waals surface area contributed by atoms with Crippen LogP contribution in [0.5, 0.6) is 5.75 Å². The minimum Gasteiger partial charge on any atom is -0.493 e. The Kier molecular flexibility index (Phi) is 7.00. The fourth-order valence-electron chi connectivity index (χ4n) is 3.48. The zero-order valence-corrected chi connectivity index (χ0v) is 16.9. The van der Waals surface area contributed by atoms with Crippen molar-refractivity contribution in [1.82, 2.24) is 4.90 Å². The molecule has 0 aromatic heterocycles.